The number of carbonyl (C=O) groups excluding carboxylic acids is 3. The number of benzene rings is 2. The SMILES string of the molecule is CCCN(CC(=O)Nc1cccc(C(=O)N(CC)CC)c1)CC(=O)Nc1ccc(Cl)cc1Cl. The lowest BCUT2D eigenvalue weighted by atomic mass is 10.1. The highest BCUT2D eigenvalue weighted by atomic mass is 35.5. The van der Waals surface area contributed by atoms with Crippen LogP contribution in [0.2, 0.25) is 10.0 Å². The molecule has 2 N–H and O–H groups in total. The first-order valence-corrected chi connectivity index (χ1v) is 11.7. The molecule has 0 saturated carbocycles. The van der Waals surface area contributed by atoms with E-state index in [0.29, 0.717) is 46.6 Å². The molecule has 0 unspecified atom stereocenters. The number of nitrogens with zero attached hydrogens (tertiary/aromatic N) is 2. The Morgan fingerprint density at radius 1 is 0.879 bits per heavy atom. The number of nitrogens with one attached hydrogen (secondary N) is 2. The summed E-state index contributed by atoms with van der Waals surface area (Å²) in [4.78, 5) is 41.2. The van der Waals surface area contributed by atoms with Gasteiger partial charge < -0.3 is 15.5 Å². The monoisotopic (exact) mass is 492 g/mol. The summed E-state index contributed by atoms with van der Waals surface area (Å²) in [5.74, 6) is -0.637. The molecule has 7 nitrogen and oxygen atoms in total. The van der Waals surface area contributed by atoms with E-state index in [0.717, 1.165) is 6.42 Å². The van der Waals surface area contributed by atoms with Crippen molar-refractivity contribution in [2.24, 2.45) is 0 Å². The number of hydrogen-bond acceptors (Lipinski definition) is 4. The van der Waals surface area contributed by atoms with Gasteiger partial charge in [0.05, 0.1) is 23.8 Å². The molecule has 0 radical (unpaired) electrons. The molecule has 33 heavy (non-hydrogen) atoms. The zero-order chi connectivity index (χ0) is 24.4. The quantitative estimate of drug-likeness (QED) is 0.473. The third-order valence-electron chi connectivity index (χ3n) is 4.92. The largest absolute Gasteiger partial charge is 0.339 e. The van der Waals surface area contributed by atoms with E-state index < -0.39 is 0 Å². The van der Waals surface area contributed by atoms with Gasteiger partial charge in [-0.1, -0.05) is 36.2 Å². The van der Waals surface area contributed by atoms with Crippen LogP contribution in [0.5, 0.6) is 0 Å². The van der Waals surface area contributed by atoms with Gasteiger partial charge in [-0.2, -0.15) is 0 Å². The van der Waals surface area contributed by atoms with Gasteiger partial charge in [0.2, 0.25) is 11.8 Å². The van der Waals surface area contributed by atoms with Gasteiger partial charge in [-0.3, -0.25) is 19.3 Å². The van der Waals surface area contributed by atoms with E-state index >= 15 is 0 Å². The molecule has 0 heterocycles. The minimum Gasteiger partial charge on any atom is -0.339 e. The van der Waals surface area contributed by atoms with Crippen molar-refractivity contribution in [2.75, 3.05) is 43.4 Å². The molecule has 3 amide bonds. The van der Waals surface area contributed by atoms with Crippen LogP contribution in [0.4, 0.5) is 11.4 Å². The second-order valence-corrected chi connectivity index (χ2v) is 8.33. The molecule has 0 aliphatic rings. The molecule has 0 spiro atoms. The number of halogens is 2. The predicted octanol–water partition coefficient (Wildman–Crippen LogP) is 4.76. The first kappa shape index (κ1) is 26.6. The highest BCUT2D eigenvalue weighted by molar-refractivity contribution is 6.36. The number of hydrogen-bond donors (Lipinski definition) is 2. The highest BCUT2D eigenvalue weighted by Gasteiger charge is 2.17. The van der Waals surface area contributed by atoms with Crippen LogP contribution in [0.25, 0.3) is 0 Å². The molecule has 2 aromatic carbocycles. The summed E-state index contributed by atoms with van der Waals surface area (Å²) in [5.41, 5.74) is 1.51. The van der Waals surface area contributed by atoms with Crippen LogP contribution in [0.1, 0.15) is 37.6 Å². The van der Waals surface area contributed by atoms with Gasteiger partial charge in [-0.25, -0.2) is 0 Å². The molecule has 0 saturated heterocycles. The fraction of sp³-hybridized carbons (Fsp3) is 0.375. The molecule has 178 valence electrons. The fourth-order valence-electron chi connectivity index (χ4n) is 3.34. The first-order valence-electron chi connectivity index (χ1n) is 10.9. The van der Waals surface area contributed by atoms with Crippen LogP contribution in [-0.2, 0) is 9.59 Å². The Balaban J connectivity index is 1.99. The molecule has 0 aromatic heterocycles. The molecule has 0 aliphatic heterocycles. The van der Waals surface area contributed by atoms with Gasteiger partial charge in [0.15, 0.2) is 0 Å². The van der Waals surface area contributed by atoms with Crippen molar-refractivity contribution in [3.05, 3.63) is 58.1 Å². The maximum absolute atomic E-state index is 12.6. The third-order valence-corrected chi connectivity index (χ3v) is 5.47. The fourth-order valence-corrected chi connectivity index (χ4v) is 3.80. The van der Waals surface area contributed by atoms with E-state index in [9.17, 15) is 14.4 Å². The second kappa shape index (κ2) is 13.2. The Kier molecular flexibility index (Phi) is 10.6. The van der Waals surface area contributed by atoms with Crippen molar-refractivity contribution in [3.63, 3.8) is 0 Å². The summed E-state index contributed by atoms with van der Waals surface area (Å²) in [7, 11) is 0. The maximum atomic E-state index is 12.6. The van der Waals surface area contributed by atoms with Crippen LogP contribution in [-0.4, -0.2) is 60.2 Å². The average Bonchev–Trinajstić information content (AvgIpc) is 2.76. The zero-order valence-electron chi connectivity index (χ0n) is 19.2. The Bertz CT molecular complexity index is 980. The van der Waals surface area contributed by atoms with Crippen LogP contribution in [0.15, 0.2) is 42.5 Å². The van der Waals surface area contributed by atoms with E-state index in [1.807, 2.05) is 20.8 Å². The molecular weight excluding hydrogens is 463 g/mol. The molecular formula is C24H30Cl2N4O3. The molecule has 2 aromatic rings. The summed E-state index contributed by atoms with van der Waals surface area (Å²) in [6.07, 6.45) is 0.774. The molecule has 0 fully saturated rings. The standard InChI is InChI=1S/C24H30Cl2N4O3/c1-4-12-29(16-23(32)28-21-11-10-18(25)14-20(21)26)15-22(31)27-19-9-7-8-17(13-19)24(33)30(5-2)6-3/h7-11,13-14H,4-6,12,15-16H2,1-3H3,(H,27,31)(H,28,32). The van der Waals surface area contributed by atoms with Crippen molar-refractivity contribution < 1.29 is 14.4 Å². The van der Waals surface area contributed by atoms with Gasteiger partial charge >= 0.3 is 0 Å². The molecule has 0 aliphatic carbocycles. The average molecular weight is 493 g/mol. The van der Waals surface area contributed by atoms with E-state index in [1.165, 1.54) is 0 Å². The zero-order valence-corrected chi connectivity index (χ0v) is 20.7. The lowest BCUT2D eigenvalue weighted by Crippen LogP contribution is -2.39. The number of anilines is 2. The first-order chi connectivity index (χ1) is 15.8. The van der Waals surface area contributed by atoms with Crippen molar-refractivity contribution in [1.82, 2.24) is 9.80 Å². The molecule has 2 rings (SSSR count). The van der Waals surface area contributed by atoms with Gasteiger partial charge in [0.1, 0.15) is 0 Å². The van der Waals surface area contributed by atoms with E-state index in [1.54, 1.807) is 52.3 Å². The maximum Gasteiger partial charge on any atom is 0.253 e. The Morgan fingerprint density at radius 2 is 1.55 bits per heavy atom. The molecule has 9 heteroatoms. The Hall–Kier alpha value is -2.61. The lowest BCUT2D eigenvalue weighted by molar-refractivity contribution is -0.120. The van der Waals surface area contributed by atoms with E-state index in [-0.39, 0.29) is 30.8 Å². The third kappa shape index (κ3) is 8.35. The van der Waals surface area contributed by atoms with Crippen molar-refractivity contribution >= 4 is 52.3 Å². The summed E-state index contributed by atoms with van der Waals surface area (Å²) < 4.78 is 0. The van der Waals surface area contributed by atoms with Crippen molar-refractivity contribution in [3.8, 4) is 0 Å². The predicted molar refractivity (Wildman–Crippen MR) is 134 cm³/mol. The number of carbonyl (C=O) groups is 3. The summed E-state index contributed by atoms with van der Waals surface area (Å²) in [5, 5.41) is 6.39. The Morgan fingerprint density at radius 3 is 2.15 bits per heavy atom. The smallest absolute Gasteiger partial charge is 0.253 e. The van der Waals surface area contributed by atoms with Crippen LogP contribution in [0.3, 0.4) is 0 Å². The molecule has 0 bridgehead atoms. The number of amides is 3. The van der Waals surface area contributed by atoms with E-state index in [2.05, 4.69) is 10.6 Å². The summed E-state index contributed by atoms with van der Waals surface area (Å²) in [6, 6.07) is 11.7. The van der Waals surface area contributed by atoms with Crippen LogP contribution < -0.4 is 10.6 Å². The van der Waals surface area contributed by atoms with Crippen LogP contribution >= 0.6 is 23.2 Å². The Labute approximate surface area is 205 Å². The molecule has 0 atom stereocenters. The summed E-state index contributed by atoms with van der Waals surface area (Å²) in [6.45, 7) is 7.67. The number of rotatable bonds is 11. The van der Waals surface area contributed by atoms with Crippen molar-refractivity contribution in [1.29, 1.82) is 0 Å². The minimum absolute atomic E-state index is 0.0285. The van der Waals surface area contributed by atoms with Crippen LogP contribution in [0, 0.1) is 0 Å². The summed E-state index contributed by atoms with van der Waals surface area (Å²) >= 11 is 12.0. The van der Waals surface area contributed by atoms with Gasteiger partial charge in [-0.15, -0.1) is 0 Å². The topological polar surface area (TPSA) is 81.8 Å². The van der Waals surface area contributed by atoms with Gasteiger partial charge in [0, 0.05) is 29.4 Å². The second-order valence-electron chi connectivity index (χ2n) is 7.49. The minimum atomic E-state index is -0.285. The highest BCUT2D eigenvalue weighted by Crippen LogP contribution is 2.25. The van der Waals surface area contributed by atoms with Gasteiger partial charge in [-0.05, 0) is 63.2 Å². The lowest BCUT2D eigenvalue weighted by Gasteiger charge is -2.21. The van der Waals surface area contributed by atoms with Crippen molar-refractivity contribution in [2.45, 2.75) is 27.2 Å². The normalized spacial score (nSPS) is 10.7. The van der Waals surface area contributed by atoms with E-state index in [4.69, 9.17) is 23.2 Å². The van der Waals surface area contributed by atoms with Gasteiger partial charge in [0.25, 0.3) is 5.91 Å².